The van der Waals surface area contributed by atoms with E-state index >= 15 is 0 Å². The second kappa shape index (κ2) is 2.30. The molecule has 0 saturated heterocycles. The second-order valence-electron chi connectivity index (χ2n) is 2.21. The molecular weight excluding hydrogens is 160 g/mol. The topological polar surface area (TPSA) is 69.2 Å². The van der Waals surface area contributed by atoms with Gasteiger partial charge in [-0.15, -0.1) is 0 Å². The van der Waals surface area contributed by atoms with Crippen molar-refractivity contribution >= 4 is 16.8 Å². The van der Waals surface area contributed by atoms with E-state index in [1.807, 2.05) is 0 Å². The van der Waals surface area contributed by atoms with Gasteiger partial charge in [-0.25, -0.2) is 4.98 Å². The summed E-state index contributed by atoms with van der Waals surface area (Å²) in [5.74, 6) is 0. The van der Waals surface area contributed by atoms with Crippen molar-refractivity contribution in [2.24, 2.45) is 0 Å². The third-order valence-electron chi connectivity index (χ3n) is 1.48. The molecule has 0 saturated carbocycles. The Kier molecular flexibility index (Phi) is 1.30. The van der Waals surface area contributed by atoms with Gasteiger partial charge in [0, 0.05) is 6.07 Å². The van der Waals surface area contributed by atoms with Crippen molar-refractivity contribution in [3.63, 3.8) is 0 Å². The fourth-order valence-electron chi connectivity index (χ4n) is 0.912. The van der Waals surface area contributed by atoms with Gasteiger partial charge < -0.3 is 4.42 Å². The molecule has 0 bridgehead atoms. The van der Waals surface area contributed by atoms with Gasteiger partial charge >= 0.3 is 0 Å². The van der Waals surface area contributed by atoms with E-state index in [9.17, 15) is 10.1 Å². The first-order chi connectivity index (χ1) is 5.77. The predicted molar refractivity (Wildman–Crippen MR) is 39.5 cm³/mol. The van der Waals surface area contributed by atoms with Crippen LogP contribution in [0.2, 0.25) is 0 Å². The number of fused-ring (bicyclic) bond motifs is 1. The highest BCUT2D eigenvalue weighted by Gasteiger charge is 2.07. The Morgan fingerprint density at radius 2 is 2.42 bits per heavy atom. The zero-order valence-electron chi connectivity index (χ0n) is 5.85. The van der Waals surface area contributed by atoms with Crippen LogP contribution in [0, 0.1) is 16.5 Å². The van der Waals surface area contributed by atoms with Crippen molar-refractivity contribution in [3.8, 4) is 0 Å². The summed E-state index contributed by atoms with van der Waals surface area (Å²) in [6, 6.07) is 4.21. The molecule has 5 heteroatoms. The number of rotatable bonds is 1. The maximum absolute atomic E-state index is 10.3. The molecule has 0 aliphatic carbocycles. The molecule has 0 unspecified atom stereocenters. The van der Waals surface area contributed by atoms with Crippen molar-refractivity contribution in [3.05, 3.63) is 34.7 Å². The molecule has 1 aromatic heterocycles. The first kappa shape index (κ1) is 6.78. The number of aromatic nitrogens is 1. The normalized spacial score (nSPS) is 10.3. The molecule has 0 N–H and O–H groups in total. The summed E-state index contributed by atoms with van der Waals surface area (Å²) >= 11 is 0. The molecule has 0 aliphatic heterocycles. The maximum atomic E-state index is 10.3. The Labute approximate surface area is 66.8 Å². The van der Waals surface area contributed by atoms with E-state index in [0.29, 0.717) is 11.1 Å². The van der Waals surface area contributed by atoms with Gasteiger partial charge in [-0.1, -0.05) is 0 Å². The lowest BCUT2D eigenvalue weighted by Crippen LogP contribution is -1.86. The lowest BCUT2D eigenvalue weighted by atomic mass is 10.3. The standard InChI is InChI=1S/C7H3N2O3/c10-9(11)5-1-2-6-7(3-5)12-4-8-6/h1-3H. The van der Waals surface area contributed by atoms with Gasteiger partial charge in [0.2, 0.25) is 0 Å². The van der Waals surface area contributed by atoms with Gasteiger partial charge in [0.1, 0.15) is 5.52 Å². The van der Waals surface area contributed by atoms with E-state index in [1.54, 1.807) is 0 Å². The molecule has 1 radical (unpaired) electrons. The van der Waals surface area contributed by atoms with Crippen LogP contribution in [0.15, 0.2) is 22.6 Å². The lowest BCUT2D eigenvalue weighted by molar-refractivity contribution is -0.384. The van der Waals surface area contributed by atoms with Crippen molar-refractivity contribution < 1.29 is 9.34 Å². The molecule has 0 fully saturated rings. The van der Waals surface area contributed by atoms with Crippen LogP contribution in [0.4, 0.5) is 5.69 Å². The summed E-state index contributed by atoms with van der Waals surface area (Å²) in [4.78, 5) is 13.5. The first-order valence-corrected chi connectivity index (χ1v) is 3.18. The van der Waals surface area contributed by atoms with E-state index in [-0.39, 0.29) is 5.69 Å². The van der Waals surface area contributed by atoms with Crippen molar-refractivity contribution in [1.29, 1.82) is 0 Å². The van der Waals surface area contributed by atoms with Gasteiger partial charge in [0.05, 0.1) is 11.0 Å². The fraction of sp³-hybridized carbons (Fsp3) is 0. The minimum absolute atomic E-state index is 0.00681. The maximum Gasteiger partial charge on any atom is 0.284 e. The fourth-order valence-corrected chi connectivity index (χ4v) is 0.912. The average molecular weight is 163 g/mol. The summed E-state index contributed by atoms with van der Waals surface area (Å²) in [5.41, 5.74) is 0.942. The van der Waals surface area contributed by atoms with Crippen LogP contribution < -0.4 is 0 Å². The summed E-state index contributed by atoms with van der Waals surface area (Å²) in [7, 11) is 0. The Bertz CT molecular complexity index is 435. The van der Waals surface area contributed by atoms with Crippen LogP contribution >= 0.6 is 0 Å². The molecule has 2 rings (SSSR count). The number of nitro groups is 1. The van der Waals surface area contributed by atoms with Crippen LogP contribution in [0.1, 0.15) is 0 Å². The summed E-state index contributed by atoms with van der Waals surface area (Å²) < 4.78 is 4.77. The Hall–Kier alpha value is -1.91. The van der Waals surface area contributed by atoms with Gasteiger partial charge in [-0.05, 0) is 6.07 Å². The van der Waals surface area contributed by atoms with Crippen LogP contribution in [-0.2, 0) is 0 Å². The number of nitrogens with zero attached hydrogens (tertiary/aromatic N) is 2. The monoisotopic (exact) mass is 163 g/mol. The SMILES string of the molecule is O=[N+]([O-])c1ccc2n[c]oc2c1. The van der Waals surface area contributed by atoms with Gasteiger partial charge in [0.25, 0.3) is 12.1 Å². The molecule has 0 atom stereocenters. The van der Waals surface area contributed by atoms with E-state index < -0.39 is 4.92 Å². The second-order valence-corrected chi connectivity index (χ2v) is 2.21. The van der Waals surface area contributed by atoms with Crippen molar-refractivity contribution in [2.75, 3.05) is 0 Å². The summed E-state index contributed by atoms with van der Waals surface area (Å²) in [6.45, 7) is 0. The van der Waals surface area contributed by atoms with E-state index in [2.05, 4.69) is 11.4 Å². The molecule has 5 nitrogen and oxygen atoms in total. The highest BCUT2D eigenvalue weighted by Crippen LogP contribution is 2.18. The molecule has 1 aromatic carbocycles. The summed E-state index contributed by atoms with van der Waals surface area (Å²) in [5, 5.41) is 10.3. The van der Waals surface area contributed by atoms with Gasteiger partial charge in [0.15, 0.2) is 5.58 Å². The molecule has 59 valence electrons. The molecule has 0 aliphatic rings. The van der Waals surface area contributed by atoms with Crippen LogP contribution in [0.5, 0.6) is 0 Å². The number of hydrogen-bond donors (Lipinski definition) is 0. The molecular formula is C7H3N2O3. The molecule has 0 amide bonds. The minimum atomic E-state index is -0.484. The minimum Gasteiger partial charge on any atom is -0.432 e. The number of benzene rings is 1. The number of hydrogen-bond acceptors (Lipinski definition) is 4. The Morgan fingerprint density at radius 3 is 3.17 bits per heavy atom. The summed E-state index contributed by atoms with van der Waals surface area (Å²) in [6.07, 6.45) is 2.26. The molecule has 2 aromatic rings. The average Bonchev–Trinajstić information content (AvgIpc) is 2.49. The smallest absolute Gasteiger partial charge is 0.284 e. The van der Waals surface area contributed by atoms with Gasteiger partial charge in [-0.3, -0.25) is 10.1 Å². The van der Waals surface area contributed by atoms with Gasteiger partial charge in [-0.2, -0.15) is 0 Å². The van der Waals surface area contributed by atoms with Crippen LogP contribution in [0.3, 0.4) is 0 Å². The van der Waals surface area contributed by atoms with Crippen LogP contribution in [0.25, 0.3) is 11.1 Å². The van der Waals surface area contributed by atoms with Crippen molar-refractivity contribution in [2.45, 2.75) is 0 Å². The molecule has 1 heterocycles. The Morgan fingerprint density at radius 1 is 1.58 bits per heavy atom. The molecule has 0 spiro atoms. The Balaban J connectivity index is 2.68. The largest absolute Gasteiger partial charge is 0.432 e. The highest BCUT2D eigenvalue weighted by molar-refractivity contribution is 5.74. The highest BCUT2D eigenvalue weighted by atomic mass is 16.6. The zero-order valence-corrected chi connectivity index (χ0v) is 5.85. The predicted octanol–water partition coefficient (Wildman–Crippen LogP) is 1.54. The first-order valence-electron chi connectivity index (χ1n) is 3.18. The lowest BCUT2D eigenvalue weighted by Gasteiger charge is -1.88. The number of oxazole rings is 1. The van der Waals surface area contributed by atoms with Crippen LogP contribution in [-0.4, -0.2) is 9.91 Å². The van der Waals surface area contributed by atoms with E-state index in [0.717, 1.165) is 0 Å². The van der Waals surface area contributed by atoms with E-state index in [1.165, 1.54) is 18.2 Å². The zero-order chi connectivity index (χ0) is 8.55. The third-order valence-corrected chi connectivity index (χ3v) is 1.48. The van der Waals surface area contributed by atoms with Crippen molar-refractivity contribution in [1.82, 2.24) is 4.98 Å². The third kappa shape index (κ3) is 0.914. The van der Waals surface area contributed by atoms with E-state index in [4.69, 9.17) is 4.42 Å². The number of nitro benzene ring substituents is 1. The molecule has 12 heavy (non-hydrogen) atoms. The quantitative estimate of drug-likeness (QED) is 0.472. The number of non-ortho nitro benzene ring substituents is 1.